The molecule has 0 saturated heterocycles. The highest BCUT2D eigenvalue weighted by Crippen LogP contribution is 2.44. The van der Waals surface area contributed by atoms with Gasteiger partial charge in [-0.2, -0.15) is 0 Å². The summed E-state index contributed by atoms with van der Waals surface area (Å²) in [7, 11) is 0. The van der Waals surface area contributed by atoms with Crippen molar-refractivity contribution in [2.75, 3.05) is 0 Å². The van der Waals surface area contributed by atoms with Gasteiger partial charge >= 0.3 is 0 Å². The van der Waals surface area contributed by atoms with Crippen LogP contribution in [0, 0.1) is 12.3 Å². The first-order chi connectivity index (χ1) is 10.9. The third-order valence-electron chi connectivity index (χ3n) is 5.81. The van der Waals surface area contributed by atoms with Crippen LogP contribution in [-0.2, 0) is 0 Å². The van der Waals surface area contributed by atoms with Crippen LogP contribution >= 0.6 is 0 Å². The van der Waals surface area contributed by atoms with Crippen molar-refractivity contribution in [3.8, 4) is 11.1 Å². The molecule has 0 amide bonds. The van der Waals surface area contributed by atoms with Crippen molar-refractivity contribution in [1.29, 1.82) is 0 Å². The number of ketones is 1. The minimum atomic E-state index is 0.205. The van der Waals surface area contributed by atoms with E-state index in [9.17, 15) is 4.79 Å². The summed E-state index contributed by atoms with van der Waals surface area (Å²) in [6.07, 6.45) is 5.04. The molecule has 2 aliphatic carbocycles. The van der Waals surface area contributed by atoms with E-state index in [1.54, 1.807) is 0 Å². The molecule has 2 aromatic carbocycles. The van der Waals surface area contributed by atoms with Gasteiger partial charge in [-0.15, -0.1) is 0 Å². The summed E-state index contributed by atoms with van der Waals surface area (Å²) >= 11 is 0. The largest absolute Gasteiger partial charge is 0.289 e. The van der Waals surface area contributed by atoms with Gasteiger partial charge < -0.3 is 0 Å². The first kappa shape index (κ1) is 14.7. The number of aryl methyl sites for hydroxylation is 1. The van der Waals surface area contributed by atoms with Crippen molar-refractivity contribution in [3.05, 3.63) is 58.7 Å². The molecule has 1 saturated carbocycles. The molecule has 118 valence electrons. The molecule has 0 unspecified atom stereocenters. The summed E-state index contributed by atoms with van der Waals surface area (Å²) in [4.78, 5) is 12.8. The smallest absolute Gasteiger partial charge is 0.194 e. The molecule has 0 heterocycles. The second-order valence-electron chi connectivity index (χ2n) is 8.12. The molecule has 1 fully saturated rings. The van der Waals surface area contributed by atoms with E-state index in [2.05, 4.69) is 44.2 Å². The highest BCUT2D eigenvalue weighted by molar-refractivity contribution is 6.21. The second kappa shape index (κ2) is 5.06. The number of fused-ring (bicyclic) bond motifs is 3. The maximum absolute atomic E-state index is 12.8. The topological polar surface area (TPSA) is 17.1 Å². The highest BCUT2D eigenvalue weighted by atomic mass is 16.1. The van der Waals surface area contributed by atoms with Crippen LogP contribution < -0.4 is 0 Å². The van der Waals surface area contributed by atoms with E-state index >= 15 is 0 Å². The molecule has 0 radical (unpaired) electrons. The van der Waals surface area contributed by atoms with Crippen LogP contribution in [0.4, 0.5) is 0 Å². The van der Waals surface area contributed by atoms with Gasteiger partial charge in [0.05, 0.1) is 0 Å². The third kappa shape index (κ3) is 2.43. The molecule has 0 N–H and O–H groups in total. The zero-order valence-electron chi connectivity index (χ0n) is 14.3. The standard InChI is InChI=1S/C22H24O/c1-14-4-6-17-18-7-5-16(13-20(18)21(23)19(17)12-14)15-8-10-22(2,3)11-9-15/h4-7,12-13,15H,8-11H2,1-3H3. The number of benzene rings is 2. The van der Waals surface area contributed by atoms with E-state index in [4.69, 9.17) is 0 Å². The average molecular weight is 304 g/mol. The summed E-state index contributed by atoms with van der Waals surface area (Å²) in [6.45, 7) is 6.79. The van der Waals surface area contributed by atoms with Gasteiger partial charge in [-0.3, -0.25) is 4.79 Å². The summed E-state index contributed by atoms with van der Waals surface area (Å²) < 4.78 is 0. The Morgan fingerprint density at radius 2 is 1.48 bits per heavy atom. The monoisotopic (exact) mass is 304 g/mol. The fourth-order valence-electron chi connectivity index (χ4n) is 4.20. The predicted octanol–water partition coefficient (Wildman–Crippen LogP) is 5.89. The zero-order chi connectivity index (χ0) is 16.2. The Hall–Kier alpha value is -1.89. The van der Waals surface area contributed by atoms with Crippen molar-refractivity contribution >= 4 is 5.78 Å². The molecular formula is C22H24O. The number of rotatable bonds is 1. The lowest BCUT2D eigenvalue weighted by molar-refractivity contribution is 0.104. The molecule has 1 nitrogen and oxygen atoms in total. The molecule has 2 aromatic rings. The van der Waals surface area contributed by atoms with E-state index in [1.165, 1.54) is 31.2 Å². The van der Waals surface area contributed by atoms with Crippen LogP contribution in [-0.4, -0.2) is 5.78 Å². The van der Waals surface area contributed by atoms with Gasteiger partial charge in [0.2, 0.25) is 0 Å². The summed E-state index contributed by atoms with van der Waals surface area (Å²) in [5, 5.41) is 0. The summed E-state index contributed by atoms with van der Waals surface area (Å²) in [5.74, 6) is 0.822. The maximum Gasteiger partial charge on any atom is 0.194 e. The Morgan fingerprint density at radius 3 is 2.17 bits per heavy atom. The van der Waals surface area contributed by atoms with Crippen LogP contribution in [0.2, 0.25) is 0 Å². The summed E-state index contributed by atoms with van der Waals surface area (Å²) in [5.41, 5.74) is 7.00. The fourth-order valence-corrected chi connectivity index (χ4v) is 4.20. The van der Waals surface area contributed by atoms with Gasteiger partial charge in [-0.05, 0) is 72.8 Å². The van der Waals surface area contributed by atoms with Gasteiger partial charge in [0.15, 0.2) is 5.78 Å². The molecule has 0 spiro atoms. The van der Waals surface area contributed by atoms with Crippen molar-refractivity contribution in [3.63, 3.8) is 0 Å². The number of carbonyl (C=O) groups excluding carboxylic acids is 1. The SMILES string of the molecule is Cc1ccc2c(c1)C(=O)c1cc(C3CCC(C)(C)CC3)ccc1-2. The Bertz CT molecular complexity index is 788. The lowest BCUT2D eigenvalue weighted by atomic mass is 9.71. The van der Waals surface area contributed by atoms with E-state index in [0.717, 1.165) is 27.8 Å². The number of carbonyl (C=O) groups is 1. The van der Waals surface area contributed by atoms with Gasteiger partial charge in [0.25, 0.3) is 0 Å². The molecule has 0 aromatic heterocycles. The summed E-state index contributed by atoms with van der Waals surface area (Å²) in [6, 6.07) is 12.8. The number of hydrogen-bond donors (Lipinski definition) is 0. The fraction of sp³-hybridized carbons (Fsp3) is 0.409. The molecule has 0 atom stereocenters. The van der Waals surface area contributed by atoms with Crippen LogP contribution in [0.15, 0.2) is 36.4 Å². The lowest BCUT2D eigenvalue weighted by Gasteiger charge is -2.34. The van der Waals surface area contributed by atoms with E-state index < -0.39 is 0 Å². The van der Waals surface area contributed by atoms with Crippen molar-refractivity contribution < 1.29 is 4.79 Å². The number of hydrogen-bond acceptors (Lipinski definition) is 1. The van der Waals surface area contributed by atoms with Crippen molar-refractivity contribution in [1.82, 2.24) is 0 Å². The Labute approximate surface area is 138 Å². The van der Waals surface area contributed by atoms with Crippen LogP contribution in [0.3, 0.4) is 0 Å². The minimum absolute atomic E-state index is 0.205. The van der Waals surface area contributed by atoms with E-state index in [-0.39, 0.29) is 5.78 Å². The third-order valence-corrected chi connectivity index (χ3v) is 5.81. The molecule has 1 heteroatoms. The Morgan fingerprint density at radius 1 is 0.870 bits per heavy atom. The quantitative estimate of drug-likeness (QED) is 0.548. The molecule has 0 aliphatic heterocycles. The van der Waals surface area contributed by atoms with Crippen LogP contribution in [0.5, 0.6) is 0 Å². The van der Waals surface area contributed by atoms with Crippen LogP contribution in [0.1, 0.15) is 72.5 Å². The zero-order valence-corrected chi connectivity index (χ0v) is 14.3. The first-order valence-electron chi connectivity index (χ1n) is 8.74. The van der Waals surface area contributed by atoms with Crippen molar-refractivity contribution in [2.45, 2.75) is 52.4 Å². The second-order valence-corrected chi connectivity index (χ2v) is 8.12. The minimum Gasteiger partial charge on any atom is -0.289 e. The van der Waals surface area contributed by atoms with E-state index in [1.807, 2.05) is 13.0 Å². The Balaban J connectivity index is 1.69. The van der Waals surface area contributed by atoms with Gasteiger partial charge in [-0.25, -0.2) is 0 Å². The average Bonchev–Trinajstić information content (AvgIpc) is 2.80. The molecule has 2 aliphatic rings. The van der Waals surface area contributed by atoms with Gasteiger partial charge in [0, 0.05) is 11.1 Å². The van der Waals surface area contributed by atoms with E-state index in [0.29, 0.717) is 11.3 Å². The van der Waals surface area contributed by atoms with Gasteiger partial charge in [-0.1, -0.05) is 43.7 Å². The molecule has 23 heavy (non-hydrogen) atoms. The lowest BCUT2D eigenvalue weighted by Crippen LogP contribution is -2.20. The Kier molecular flexibility index (Phi) is 3.23. The van der Waals surface area contributed by atoms with Crippen LogP contribution in [0.25, 0.3) is 11.1 Å². The highest BCUT2D eigenvalue weighted by Gasteiger charge is 2.30. The van der Waals surface area contributed by atoms with Crippen molar-refractivity contribution in [2.24, 2.45) is 5.41 Å². The molecule has 4 rings (SSSR count). The van der Waals surface area contributed by atoms with Gasteiger partial charge in [0.1, 0.15) is 0 Å². The predicted molar refractivity (Wildman–Crippen MR) is 95.0 cm³/mol. The normalized spacial score (nSPS) is 19.5. The maximum atomic E-state index is 12.8. The molecule has 0 bridgehead atoms. The molecular weight excluding hydrogens is 280 g/mol. The first-order valence-corrected chi connectivity index (χ1v) is 8.74.